The highest BCUT2D eigenvalue weighted by atomic mass is 32.1. The summed E-state index contributed by atoms with van der Waals surface area (Å²) in [5.74, 6) is -0.923. The second-order valence-electron chi connectivity index (χ2n) is 6.77. The van der Waals surface area contributed by atoms with Crippen LogP contribution in [0.3, 0.4) is 0 Å². The van der Waals surface area contributed by atoms with Gasteiger partial charge in [-0.1, -0.05) is 30.3 Å². The number of hydrazine groups is 1. The van der Waals surface area contributed by atoms with Crippen molar-refractivity contribution in [2.45, 2.75) is 38.1 Å². The molecule has 0 spiro atoms. The maximum atomic E-state index is 12.8. The van der Waals surface area contributed by atoms with Crippen LogP contribution < -0.4 is 10.7 Å². The molecule has 0 radical (unpaired) electrons. The van der Waals surface area contributed by atoms with Crippen molar-refractivity contribution in [1.82, 2.24) is 15.8 Å². The molecule has 0 bridgehead atoms. The van der Waals surface area contributed by atoms with Crippen molar-refractivity contribution < 1.29 is 14.4 Å². The number of carbonyl (C=O) groups is 3. The number of imide groups is 1. The fourth-order valence-electron chi connectivity index (χ4n) is 3.47. The highest BCUT2D eigenvalue weighted by Gasteiger charge is 2.50. The number of hydrogen-bond acceptors (Lipinski definition) is 4. The quantitative estimate of drug-likeness (QED) is 0.817. The Kier molecular flexibility index (Phi) is 4.03. The lowest BCUT2D eigenvalue weighted by Gasteiger charge is -2.21. The van der Waals surface area contributed by atoms with Gasteiger partial charge in [0.1, 0.15) is 5.54 Å². The van der Waals surface area contributed by atoms with Crippen LogP contribution in [0.1, 0.15) is 45.4 Å². The molecule has 1 fully saturated rings. The average Bonchev–Trinajstić information content (AvgIpc) is 3.18. The fraction of sp³-hybridized carbons (Fsp3) is 0.316. The van der Waals surface area contributed by atoms with Crippen LogP contribution >= 0.6 is 11.3 Å². The molecule has 134 valence electrons. The lowest BCUT2D eigenvalue weighted by atomic mass is 9.92. The van der Waals surface area contributed by atoms with Gasteiger partial charge in [-0.3, -0.25) is 15.0 Å². The molecule has 2 heterocycles. The molecule has 1 aromatic carbocycles. The van der Waals surface area contributed by atoms with Gasteiger partial charge in [-0.25, -0.2) is 4.79 Å². The monoisotopic (exact) mass is 369 g/mol. The Morgan fingerprint density at radius 3 is 2.65 bits per heavy atom. The zero-order valence-corrected chi connectivity index (χ0v) is 15.2. The first-order valence-electron chi connectivity index (χ1n) is 8.64. The Bertz CT molecular complexity index is 869. The Hall–Kier alpha value is -2.67. The molecule has 2 aromatic rings. The fourth-order valence-corrected chi connectivity index (χ4v) is 4.61. The number of urea groups is 1. The van der Waals surface area contributed by atoms with Crippen LogP contribution in [-0.2, 0) is 23.2 Å². The van der Waals surface area contributed by atoms with Gasteiger partial charge in [0.05, 0.1) is 4.88 Å². The van der Waals surface area contributed by atoms with Crippen molar-refractivity contribution in [3.05, 3.63) is 57.3 Å². The van der Waals surface area contributed by atoms with Crippen molar-refractivity contribution in [3.63, 3.8) is 0 Å². The smallest absolute Gasteiger partial charge is 0.318 e. The van der Waals surface area contributed by atoms with Crippen molar-refractivity contribution in [3.8, 4) is 0 Å². The predicted octanol–water partition coefficient (Wildman–Crippen LogP) is 2.74. The summed E-state index contributed by atoms with van der Waals surface area (Å²) in [5, 5.41) is 3.46. The van der Waals surface area contributed by atoms with E-state index in [1.807, 2.05) is 12.1 Å². The third-order valence-electron chi connectivity index (χ3n) is 4.98. The summed E-state index contributed by atoms with van der Waals surface area (Å²) in [6.07, 6.45) is 4.24. The highest BCUT2D eigenvalue weighted by Crippen LogP contribution is 2.31. The van der Waals surface area contributed by atoms with Gasteiger partial charge < -0.3 is 5.32 Å². The molecule has 4 amide bonds. The van der Waals surface area contributed by atoms with E-state index in [-0.39, 0.29) is 0 Å². The molecule has 6 nitrogen and oxygen atoms in total. The number of carbonyl (C=O) groups excluding carboxylic acids is 3. The van der Waals surface area contributed by atoms with Gasteiger partial charge in [-0.15, -0.1) is 11.3 Å². The van der Waals surface area contributed by atoms with E-state index in [0.717, 1.165) is 30.7 Å². The van der Waals surface area contributed by atoms with Crippen LogP contribution in [0.5, 0.6) is 0 Å². The molecule has 1 aliphatic heterocycles. The Labute approximate surface area is 155 Å². The molecular weight excluding hydrogens is 350 g/mol. The molecule has 1 saturated heterocycles. The largest absolute Gasteiger partial charge is 0.344 e. The highest BCUT2D eigenvalue weighted by molar-refractivity contribution is 7.14. The van der Waals surface area contributed by atoms with E-state index >= 15 is 0 Å². The van der Waals surface area contributed by atoms with E-state index in [2.05, 4.69) is 10.7 Å². The number of aryl methyl sites for hydroxylation is 2. The van der Waals surface area contributed by atoms with Gasteiger partial charge in [-0.2, -0.15) is 5.01 Å². The number of fused-ring (bicyclic) bond motifs is 1. The SMILES string of the molecule is CC1(c2ccccc2)NC(=O)N(NC(=O)c2cc3c(s2)CCCC3)C1=O. The van der Waals surface area contributed by atoms with Crippen molar-refractivity contribution in [2.75, 3.05) is 0 Å². The summed E-state index contributed by atoms with van der Waals surface area (Å²) in [6.45, 7) is 1.64. The summed E-state index contributed by atoms with van der Waals surface area (Å²) in [6, 6.07) is 10.2. The van der Waals surface area contributed by atoms with Gasteiger partial charge in [0.25, 0.3) is 11.8 Å². The molecular formula is C19H19N3O3S. The van der Waals surface area contributed by atoms with E-state index in [1.165, 1.54) is 21.8 Å². The summed E-state index contributed by atoms with van der Waals surface area (Å²) in [4.78, 5) is 39.5. The number of nitrogens with zero attached hydrogens (tertiary/aromatic N) is 1. The Morgan fingerprint density at radius 1 is 1.19 bits per heavy atom. The molecule has 1 aromatic heterocycles. The zero-order valence-electron chi connectivity index (χ0n) is 14.4. The number of hydrogen-bond donors (Lipinski definition) is 2. The summed E-state index contributed by atoms with van der Waals surface area (Å²) in [7, 11) is 0. The van der Waals surface area contributed by atoms with Crippen molar-refractivity contribution in [2.24, 2.45) is 0 Å². The van der Waals surface area contributed by atoms with Crippen LogP contribution in [0.15, 0.2) is 36.4 Å². The molecule has 1 unspecified atom stereocenters. The third kappa shape index (κ3) is 2.68. The predicted molar refractivity (Wildman–Crippen MR) is 97.6 cm³/mol. The number of benzene rings is 1. The number of amides is 4. The number of thiophene rings is 1. The van der Waals surface area contributed by atoms with Gasteiger partial charge >= 0.3 is 6.03 Å². The lowest BCUT2D eigenvalue weighted by Crippen LogP contribution is -2.47. The molecule has 7 heteroatoms. The molecule has 0 saturated carbocycles. The van der Waals surface area contributed by atoms with Crippen molar-refractivity contribution >= 4 is 29.2 Å². The zero-order chi connectivity index (χ0) is 18.3. The van der Waals surface area contributed by atoms with E-state index in [1.54, 1.807) is 31.2 Å². The van der Waals surface area contributed by atoms with Crippen LogP contribution in [-0.4, -0.2) is 22.9 Å². The van der Waals surface area contributed by atoms with Gasteiger partial charge in [0, 0.05) is 4.88 Å². The summed E-state index contributed by atoms with van der Waals surface area (Å²) in [5.41, 5.74) is 3.15. The summed E-state index contributed by atoms with van der Waals surface area (Å²) < 4.78 is 0. The van der Waals surface area contributed by atoms with E-state index < -0.39 is 23.4 Å². The van der Waals surface area contributed by atoms with Crippen LogP contribution in [0.2, 0.25) is 0 Å². The van der Waals surface area contributed by atoms with Gasteiger partial charge in [0.2, 0.25) is 0 Å². The first kappa shape index (κ1) is 16.8. The minimum absolute atomic E-state index is 0.426. The lowest BCUT2D eigenvalue weighted by molar-refractivity contribution is -0.132. The molecule has 1 atom stereocenters. The maximum Gasteiger partial charge on any atom is 0.344 e. The Morgan fingerprint density at radius 2 is 1.92 bits per heavy atom. The second kappa shape index (κ2) is 6.25. The van der Waals surface area contributed by atoms with E-state index in [4.69, 9.17) is 0 Å². The molecule has 2 aliphatic rings. The van der Waals surface area contributed by atoms with E-state index in [0.29, 0.717) is 10.4 Å². The van der Waals surface area contributed by atoms with Crippen LogP contribution in [0, 0.1) is 0 Å². The maximum absolute atomic E-state index is 12.8. The first-order chi connectivity index (χ1) is 12.5. The van der Waals surface area contributed by atoms with Crippen LogP contribution in [0.4, 0.5) is 4.79 Å². The normalized spacial score (nSPS) is 22.1. The molecule has 26 heavy (non-hydrogen) atoms. The van der Waals surface area contributed by atoms with Gasteiger partial charge in [0.15, 0.2) is 0 Å². The van der Waals surface area contributed by atoms with Gasteiger partial charge in [-0.05, 0) is 49.8 Å². The summed E-state index contributed by atoms with van der Waals surface area (Å²) >= 11 is 1.44. The minimum Gasteiger partial charge on any atom is -0.318 e. The average molecular weight is 369 g/mol. The second-order valence-corrected chi connectivity index (χ2v) is 7.91. The standard InChI is InChI=1S/C19H19N3O3S/c1-19(13-8-3-2-4-9-13)17(24)22(18(25)20-19)21-16(23)15-11-12-7-5-6-10-14(12)26-15/h2-4,8-9,11H,5-7,10H2,1H3,(H,20,25)(H,21,23). The molecule has 1 aliphatic carbocycles. The Balaban J connectivity index is 1.55. The number of rotatable bonds is 3. The van der Waals surface area contributed by atoms with Crippen LogP contribution in [0.25, 0.3) is 0 Å². The van der Waals surface area contributed by atoms with Crippen molar-refractivity contribution in [1.29, 1.82) is 0 Å². The topological polar surface area (TPSA) is 78.5 Å². The first-order valence-corrected chi connectivity index (χ1v) is 9.45. The number of nitrogens with one attached hydrogen (secondary N) is 2. The minimum atomic E-state index is -1.19. The third-order valence-corrected chi connectivity index (χ3v) is 6.21. The molecule has 4 rings (SSSR count). The molecule has 2 N–H and O–H groups in total. The van der Waals surface area contributed by atoms with E-state index in [9.17, 15) is 14.4 Å².